The summed E-state index contributed by atoms with van der Waals surface area (Å²) in [6.07, 6.45) is 2.94. The van der Waals surface area contributed by atoms with Gasteiger partial charge in [-0.1, -0.05) is 34.1 Å². The molecule has 4 nitrogen and oxygen atoms in total. The van der Waals surface area contributed by atoms with Gasteiger partial charge in [0, 0.05) is 13.2 Å². The summed E-state index contributed by atoms with van der Waals surface area (Å²) in [5, 5.41) is 3.06. The zero-order valence-corrected chi connectivity index (χ0v) is 19.1. The molecule has 0 saturated heterocycles. The molecule has 1 amide bonds. The third kappa shape index (κ3) is 11.2. The van der Waals surface area contributed by atoms with Crippen LogP contribution in [0.15, 0.2) is 0 Å². The van der Waals surface area contributed by atoms with Crippen LogP contribution in [0.2, 0.25) is 0 Å². The number of amides is 1. The molecule has 0 aromatic rings. The van der Waals surface area contributed by atoms with Crippen molar-refractivity contribution in [2.45, 2.75) is 99.7 Å². The fourth-order valence-electron chi connectivity index (χ4n) is 2.66. The largest absolute Gasteiger partial charge is 0.375 e. The second kappa shape index (κ2) is 10.7. The maximum atomic E-state index is 12.6. The Morgan fingerprint density at radius 1 is 0.962 bits per heavy atom. The van der Waals surface area contributed by atoms with Crippen LogP contribution in [0, 0.1) is 17.3 Å². The van der Waals surface area contributed by atoms with E-state index in [2.05, 4.69) is 60.7 Å². The first-order chi connectivity index (χ1) is 11.7. The van der Waals surface area contributed by atoms with Crippen LogP contribution in [0.25, 0.3) is 0 Å². The van der Waals surface area contributed by atoms with Gasteiger partial charge in [0.15, 0.2) is 0 Å². The van der Waals surface area contributed by atoms with Crippen LogP contribution in [0.3, 0.4) is 0 Å². The molecule has 26 heavy (non-hydrogen) atoms. The quantitative estimate of drug-likeness (QED) is 0.484. The van der Waals surface area contributed by atoms with E-state index in [4.69, 9.17) is 9.47 Å². The highest BCUT2D eigenvalue weighted by Crippen LogP contribution is 2.26. The van der Waals surface area contributed by atoms with Gasteiger partial charge < -0.3 is 14.8 Å². The van der Waals surface area contributed by atoms with Crippen molar-refractivity contribution < 1.29 is 14.3 Å². The van der Waals surface area contributed by atoms with Crippen molar-refractivity contribution in [1.29, 1.82) is 0 Å². The number of carbonyl (C=O) groups is 1. The monoisotopic (exact) mass is 371 g/mol. The summed E-state index contributed by atoms with van der Waals surface area (Å²) in [7, 11) is 0. The first-order valence-corrected chi connectivity index (χ1v) is 10.3. The van der Waals surface area contributed by atoms with Crippen molar-refractivity contribution in [3.63, 3.8) is 0 Å². The van der Waals surface area contributed by atoms with Crippen LogP contribution < -0.4 is 5.32 Å². The number of carbonyl (C=O) groups excluding carboxylic acids is 1. The summed E-state index contributed by atoms with van der Waals surface area (Å²) in [6, 6.07) is 0. The summed E-state index contributed by atoms with van der Waals surface area (Å²) >= 11 is 0. The molecular formula is C22H45NO3. The lowest BCUT2D eigenvalue weighted by atomic mass is 9.90. The molecule has 0 aromatic heterocycles. The minimum atomic E-state index is -0.546. The van der Waals surface area contributed by atoms with E-state index in [9.17, 15) is 4.79 Å². The molecule has 0 aliphatic rings. The maximum absolute atomic E-state index is 12.6. The van der Waals surface area contributed by atoms with Gasteiger partial charge in [0.2, 0.25) is 5.91 Å². The molecule has 0 aliphatic carbocycles. The first kappa shape index (κ1) is 25.4. The van der Waals surface area contributed by atoms with E-state index in [1.165, 1.54) is 0 Å². The molecule has 0 heterocycles. The lowest BCUT2D eigenvalue weighted by molar-refractivity contribution is -0.137. The van der Waals surface area contributed by atoms with Crippen molar-refractivity contribution in [3.05, 3.63) is 0 Å². The topological polar surface area (TPSA) is 47.6 Å². The number of nitrogens with one attached hydrogen (secondary N) is 1. The Morgan fingerprint density at radius 3 is 2.04 bits per heavy atom. The molecule has 0 spiro atoms. The first-order valence-electron chi connectivity index (χ1n) is 10.3. The van der Waals surface area contributed by atoms with Crippen LogP contribution in [-0.2, 0) is 14.3 Å². The Kier molecular flexibility index (Phi) is 10.4. The molecule has 0 aliphatic heterocycles. The highest BCUT2D eigenvalue weighted by molar-refractivity contribution is 5.81. The number of ether oxygens (including phenoxy) is 2. The van der Waals surface area contributed by atoms with Gasteiger partial charge >= 0.3 is 0 Å². The predicted molar refractivity (Wildman–Crippen MR) is 110 cm³/mol. The molecule has 4 heteroatoms. The zero-order chi connectivity index (χ0) is 20.6. The molecule has 0 saturated carbocycles. The van der Waals surface area contributed by atoms with Gasteiger partial charge in [-0.25, -0.2) is 0 Å². The Labute approximate surface area is 162 Å². The second-order valence-corrected chi connectivity index (χ2v) is 10.1. The maximum Gasteiger partial charge on any atom is 0.227 e. The third-order valence-corrected chi connectivity index (χ3v) is 4.80. The molecule has 0 rings (SSSR count). The lowest BCUT2D eigenvalue weighted by Crippen LogP contribution is -2.44. The molecule has 0 aromatic carbocycles. The van der Waals surface area contributed by atoms with Crippen molar-refractivity contribution in [2.75, 3.05) is 19.8 Å². The average Bonchev–Trinajstić information content (AvgIpc) is 2.50. The van der Waals surface area contributed by atoms with Gasteiger partial charge in [-0.2, -0.15) is 0 Å². The van der Waals surface area contributed by atoms with E-state index in [-0.39, 0.29) is 17.1 Å². The molecular weight excluding hydrogens is 326 g/mol. The van der Waals surface area contributed by atoms with Gasteiger partial charge in [-0.3, -0.25) is 4.79 Å². The fraction of sp³-hybridized carbons (Fsp3) is 0.955. The van der Waals surface area contributed by atoms with Crippen LogP contribution in [-0.4, -0.2) is 36.9 Å². The molecule has 0 radical (unpaired) electrons. The van der Waals surface area contributed by atoms with Crippen molar-refractivity contribution in [3.8, 4) is 0 Å². The molecule has 1 atom stereocenters. The summed E-state index contributed by atoms with van der Waals surface area (Å²) in [4.78, 5) is 12.6. The van der Waals surface area contributed by atoms with Gasteiger partial charge in [0.05, 0.1) is 23.2 Å². The minimum absolute atomic E-state index is 0.0384. The Bertz CT molecular complexity index is 414. The van der Waals surface area contributed by atoms with E-state index in [1.54, 1.807) is 0 Å². The summed E-state index contributed by atoms with van der Waals surface area (Å²) in [5.41, 5.74) is -0.980. The van der Waals surface area contributed by atoms with Gasteiger partial charge in [-0.05, 0) is 66.2 Å². The van der Waals surface area contributed by atoms with Crippen molar-refractivity contribution >= 4 is 5.91 Å². The zero-order valence-electron chi connectivity index (χ0n) is 19.1. The summed E-state index contributed by atoms with van der Waals surface area (Å²) in [5.74, 6) is 1.17. The van der Waals surface area contributed by atoms with Crippen molar-refractivity contribution in [2.24, 2.45) is 17.3 Å². The van der Waals surface area contributed by atoms with E-state index in [0.717, 1.165) is 25.9 Å². The minimum Gasteiger partial charge on any atom is -0.375 e. The standard InChI is InChI=1S/C22H45NO3/c1-11-18(4)14-22(9,10)26-16-20(5,6)19(24)23-13-12-21(7,8)25-15-17(2)3/h17-18H,11-16H2,1-10H3,(H,23,24). The highest BCUT2D eigenvalue weighted by Gasteiger charge is 2.32. The van der Waals surface area contributed by atoms with E-state index in [1.807, 2.05) is 13.8 Å². The molecule has 1 N–H and O–H groups in total. The lowest BCUT2D eigenvalue weighted by Gasteiger charge is -2.33. The Balaban J connectivity index is 4.38. The smallest absolute Gasteiger partial charge is 0.227 e. The summed E-state index contributed by atoms with van der Waals surface area (Å²) < 4.78 is 12.0. The third-order valence-electron chi connectivity index (χ3n) is 4.80. The van der Waals surface area contributed by atoms with E-state index >= 15 is 0 Å². The number of hydrogen-bond acceptors (Lipinski definition) is 3. The number of hydrogen-bond donors (Lipinski definition) is 1. The van der Waals surface area contributed by atoms with Gasteiger partial charge in [0.1, 0.15) is 0 Å². The van der Waals surface area contributed by atoms with E-state index < -0.39 is 5.41 Å². The number of rotatable bonds is 13. The average molecular weight is 372 g/mol. The summed E-state index contributed by atoms with van der Waals surface area (Å²) in [6.45, 7) is 22.8. The Hall–Kier alpha value is -0.610. The van der Waals surface area contributed by atoms with E-state index in [0.29, 0.717) is 25.0 Å². The molecule has 1 unspecified atom stereocenters. The van der Waals surface area contributed by atoms with Crippen LogP contribution in [0.1, 0.15) is 88.5 Å². The Morgan fingerprint density at radius 2 is 1.54 bits per heavy atom. The normalized spacial score (nSPS) is 14.6. The predicted octanol–water partition coefficient (Wildman–Crippen LogP) is 5.20. The second-order valence-electron chi connectivity index (χ2n) is 10.1. The highest BCUT2D eigenvalue weighted by atomic mass is 16.5. The molecule has 0 bridgehead atoms. The van der Waals surface area contributed by atoms with Crippen LogP contribution in [0.5, 0.6) is 0 Å². The van der Waals surface area contributed by atoms with Crippen LogP contribution in [0.4, 0.5) is 0 Å². The van der Waals surface area contributed by atoms with Gasteiger partial charge in [0.25, 0.3) is 0 Å². The molecule has 156 valence electrons. The van der Waals surface area contributed by atoms with Gasteiger partial charge in [-0.15, -0.1) is 0 Å². The fourth-order valence-corrected chi connectivity index (χ4v) is 2.66. The van der Waals surface area contributed by atoms with Crippen molar-refractivity contribution in [1.82, 2.24) is 5.32 Å². The SMILES string of the molecule is CCC(C)CC(C)(C)OCC(C)(C)C(=O)NCCC(C)(C)OCC(C)C. The van der Waals surface area contributed by atoms with Crippen LogP contribution >= 0.6 is 0 Å². The molecule has 0 fully saturated rings.